The molecule has 0 amide bonds. The lowest BCUT2D eigenvalue weighted by molar-refractivity contribution is 0.546. The fourth-order valence-electron chi connectivity index (χ4n) is 3.50. The van der Waals surface area contributed by atoms with Gasteiger partial charge in [-0.15, -0.1) is 0 Å². The van der Waals surface area contributed by atoms with Crippen LogP contribution in [0.5, 0.6) is 0 Å². The highest BCUT2D eigenvalue weighted by Crippen LogP contribution is 2.12. The second kappa shape index (κ2) is 21.8. The SMILES string of the molecule is CC(C)=CCC/C(C)=C\CCC(C)=CCNCCCCCCCCCCCCN. The van der Waals surface area contributed by atoms with E-state index in [0.29, 0.717) is 0 Å². The summed E-state index contributed by atoms with van der Waals surface area (Å²) in [7, 11) is 0. The van der Waals surface area contributed by atoms with E-state index in [1.165, 1.54) is 107 Å². The van der Waals surface area contributed by atoms with Crippen LogP contribution in [0.2, 0.25) is 0 Å². The summed E-state index contributed by atoms with van der Waals surface area (Å²) in [6, 6.07) is 0. The van der Waals surface area contributed by atoms with Crippen LogP contribution in [0.1, 0.15) is 118 Å². The molecule has 0 aliphatic heterocycles. The van der Waals surface area contributed by atoms with Crippen molar-refractivity contribution in [1.82, 2.24) is 5.32 Å². The second-order valence-corrected chi connectivity index (χ2v) is 8.99. The van der Waals surface area contributed by atoms with Gasteiger partial charge < -0.3 is 11.1 Å². The van der Waals surface area contributed by atoms with Crippen molar-refractivity contribution in [2.45, 2.75) is 118 Å². The minimum atomic E-state index is 0.859. The van der Waals surface area contributed by atoms with E-state index in [-0.39, 0.29) is 0 Å². The normalized spacial score (nSPS) is 12.4. The van der Waals surface area contributed by atoms with E-state index >= 15 is 0 Å². The first kappa shape index (κ1) is 28.1. The van der Waals surface area contributed by atoms with Crippen LogP contribution < -0.4 is 11.1 Å². The monoisotopic (exact) mass is 404 g/mol. The summed E-state index contributed by atoms with van der Waals surface area (Å²) in [5.74, 6) is 0. The van der Waals surface area contributed by atoms with E-state index in [1.54, 1.807) is 0 Å². The Morgan fingerprint density at radius 2 is 1.10 bits per heavy atom. The minimum Gasteiger partial charge on any atom is -0.330 e. The quantitative estimate of drug-likeness (QED) is 0.160. The van der Waals surface area contributed by atoms with Crippen molar-refractivity contribution >= 4 is 0 Å². The Morgan fingerprint density at radius 1 is 0.621 bits per heavy atom. The lowest BCUT2D eigenvalue weighted by Crippen LogP contribution is -2.15. The van der Waals surface area contributed by atoms with Gasteiger partial charge in [0.05, 0.1) is 0 Å². The van der Waals surface area contributed by atoms with Gasteiger partial charge in [0.15, 0.2) is 0 Å². The lowest BCUT2D eigenvalue weighted by Gasteiger charge is -2.05. The standard InChI is InChI=1S/C27H52N2/c1-25(2)17-15-18-26(3)19-16-20-27(4)21-24-29-23-14-12-10-8-6-5-7-9-11-13-22-28/h17,19,21,29H,5-16,18,20,22-24,28H2,1-4H3/b26-19-,27-21?. The molecule has 0 saturated heterocycles. The van der Waals surface area contributed by atoms with Gasteiger partial charge >= 0.3 is 0 Å². The van der Waals surface area contributed by atoms with Gasteiger partial charge in [-0.2, -0.15) is 0 Å². The average Bonchev–Trinajstić information content (AvgIpc) is 2.68. The average molecular weight is 405 g/mol. The first-order chi connectivity index (χ1) is 14.1. The largest absolute Gasteiger partial charge is 0.330 e. The molecule has 0 saturated carbocycles. The molecule has 0 heterocycles. The van der Waals surface area contributed by atoms with E-state index in [4.69, 9.17) is 5.73 Å². The number of unbranched alkanes of at least 4 members (excludes halogenated alkanes) is 9. The fraction of sp³-hybridized carbons (Fsp3) is 0.778. The highest BCUT2D eigenvalue weighted by atomic mass is 14.8. The van der Waals surface area contributed by atoms with Gasteiger partial charge in [-0.3, -0.25) is 0 Å². The van der Waals surface area contributed by atoms with Crippen LogP contribution in [0.25, 0.3) is 0 Å². The van der Waals surface area contributed by atoms with Crippen molar-refractivity contribution in [3.8, 4) is 0 Å². The van der Waals surface area contributed by atoms with Crippen LogP contribution in [0.4, 0.5) is 0 Å². The van der Waals surface area contributed by atoms with Gasteiger partial charge in [-0.05, 0) is 79.3 Å². The molecule has 0 aromatic carbocycles. The molecule has 0 radical (unpaired) electrons. The number of hydrogen-bond donors (Lipinski definition) is 2. The van der Waals surface area contributed by atoms with Crippen LogP contribution in [0.15, 0.2) is 34.9 Å². The Kier molecular flexibility index (Phi) is 21.2. The zero-order valence-corrected chi connectivity index (χ0v) is 20.3. The zero-order chi connectivity index (χ0) is 21.6. The van der Waals surface area contributed by atoms with E-state index in [2.05, 4.69) is 51.2 Å². The molecule has 170 valence electrons. The zero-order valence-electron chi connectivity index (χ0n) is 20.3. The van der Waals surface area contributed by atoms with Crippen LogP contribution in [0.3, 0.4) is 0 Å². The summed E-state index contributed by atoms with van der Waals surface area (Å²) in [6.45, 7) is 11.9. The second-order valence-electron chi connectivity index (χ2n) is 8.99. The van der Waals surface area contributed by atoms with E-state index < -0.39 is 0 Å². The van der Waals surface area contributed by atoms with Crippen molar-refractivity contribution in [2.24, 2.45) is 5.73 Å². The van der Waals surface area contributed by atoms with Gasteiger partial charge in [-0.25, -0.2) is 0 Å². The summed E-state index contributed by atoms with van der Waals surface area (Å²) >= 11 is 0. The van der Waals surface area contributed by atoms with Crippen LogP contribution in [-0.4, -0.2) is 19.6 Å². The molecular formula is C27H52N2. The van der Waals surface area contributed by atoms with Crippen LogP contribution in [0, 0.1) is 0 Å². The van der Waals surface area contributed by atoms with Crippen molar-refractivity contribution in [1.29, 1.82) is 0 Å². The third-order valence-corrected chi connectivity index (χ3v) is 5.53. The molecule has 0 aliphatic rings. The molecule has 0 atom stereocenters. The fourth-order valence-corrected chi connectivity index (χ4v) is 3.50. The molecule has 0 unspecified atom stereocenters. The van der Waals surface area contributed by atoms with Crippen molar-refractivity contribution in [3.05, 3.63) is 34.9 Å². The molecule has 0 aromatic heterocycles. The minimum absolute atomic E-state index is 0.859. The molecule has 0 spiro atoms. The van der Waals surface area contributed by atoms with E-state index in [0.717, 1.165) is 19.6 Å². The van der Waals surface area contributed by atoms with Gasteiger partial charge in [0.1, 0.15) is 0 Å². The summed E-state index contributed by atoms with van der Waals surface area (Å²) in [4.78, 5) is 0. The molecule has 0 fully saturated rings. The Hall–Kier alpha value is -0.860. The Balaban J connectivity index is 3.46. The number of allylic oxidation sites excluding steroid dienone is 5. The molecule has 3 N–H and O–H groups in total. The van der Waals surface area contributed by atoms with Crippen LogP contribution >= 0.6 is 0 Å². The highest BCUT2D eigenvalue weighted by molar-refractivity contribution is 5.05. The number of rotatable bonds is 20. The lowest BCUT2D eigenvalue weighted by atomic mass is 10.1. The molecule has 0 aromatic rings. The molecule has 0 rings (SSSR count). The molecule has 2 heteroatoms. The van der Waals surface area contributed by atoms with Crippen molar-refractivity contribution in [3.63, 3.8) is 0 Å². The molecule has 2 nitrogen and oxygen atoms in total. The third kappa shape index (κ3) is 23.3. The maximum atomic E-state index is 5.52. The van der Waals surface area contributed by atoms with Crippen LogP contribution in [-0.2, 0) is 0 Å². The van der Waals surface area contributed by atoms with Gasteiger partial charge in [-0.1, -0.05) is 86.3 Å². The first-order valence-electron chi connectivity index (χ1n) is 12.4. The van der Waals surface area contributed by atoms with Crippen molar-refractivity contribution < 1.29 is 0 Å². The summed E-state index contributed by atoms with van der Waals surface area (Å²) < 4.78 is 0. The Labute approximate surface area is 183 Å². The molecule has 29 heavy (non-hydrogen) atoms. The number of nitrogens with one attached hydrogen (secondary N) is 1. The maximum Gasteiger partial charge on any atom is 0.0137 e. The number of hydrogen-bond acceptors (Lipinski definition) is 2. The summed E-state index contributed by atoms with van der Waals surface area (Å²) in [5.41, 5.74) is 9.98. The highest BCUT2D eigenvalue weighted by Gasteiger charge is 1.94. The van der Waals surface area contributed by atoms with Gasteiger partial charge in [0.25, 0.3) is 0 Å². The predicted octanol–water partition coefficient (Wildman–Crippen LogP) is 7.85. The summed E-state index contributed by atoms with van der Waals surface area (Å²) in [5, 5.41) is 3.58. The van der Waals surface area contributed by atoms with Crippen molar-refractivity contribution in [2.75, 3.05) is 19.6 Å². The third-order valence-electron chi connectivity index (χ3n) is 5.53. The van der Waals surface area contributed by atoms with Gasteiger partial charge in [0, 0.05) is 6.54 Å². The first-order valence-corrected chi connectivity index (χ1v) is 12.4. The maximum absolute atomic E-state index is 5.52. The topological polar surface area (TPSA) is 38.0 Å². The van der Waals surface area contributed by atoms with Gasteiger partial charge in [0.2, 0.25) is 0 Å². The van der Waals surface area contributed by atoms with E-state index in [9.17, 15) is 0 Å². The van der Waals surface area contributed by atoms with E-state index in [1.807, 2.05) is 0 Å². The smallest absolute Gasteiger partial charge is 0.0137 e. The number of nitrogens with two attached hydrogens (primary N) is 1. The predicted molar refractivity (Wildman–Crippen MR) is 134 cm³/mol. The molecular weight excluding hydrogens is 352 g/mol. The Morgan fingerprint density at radius 3 is 1.66 bits per heavy atom. The Bertz CT molecular complexity index is 441. The summed E-state index contributed by atoms with van der Waals surface area (Å²) in [6.07, 6.45) is 25.5. The molecule has 0 aliphatic carbocycles. The molecule has 0 bridgehead atoms.